The number of nitrogens with two attached hydrogens (primary N) is 1. The molecule has 1 aliphatic rings. The van der Waals surface area contributed by atoms with Crippen LogP contribution in [0.1, 0.15) is 51.2 Å². The number of benzene rings is 1. The van der Waals surface area contributed by atoms with E-state index in [1.165, 1.54) is 36.9 Å². The third-order valence-electron chi connectivity index (χ3n) is 4.93. The van der Waals surface area contributed by atoms with Gasteiger partial charge < -0.3 is 10.6 Å². The Morgan fingerprint density at radius 3 is 2.57 bits per heavy atom. The summed E-state index contributed by atoms with van der Waals surface area (Å²) in [5, 5.41) is 0. The van der Waals surface area contributed by atoms with Crippen molar-refractivity contribution in [1.82, 2.24) is 9.80 Å². The van der Waals surface area contributed by atoms with Gasteiger partial charge in [-0.2, -0.15) is 0 Å². The molecule has 23 heavy (non-hydrogen) atoms. The molecule has 2 rings (SSSR count). The fourth-order valence-electron chi connectivity index (χ4n) is 3.29. The van der Waals surface area contributed by atoms with Crippen LogP contribution in [-0.2, 0) is 13.1 Å². The third kappa shape index (κ3) is 4.96. The van der Waals surface area contributed by atoms with Gasteiger partial charge in [-0.25, -0.2) is 4.99 Å². The second-order valence-electron chi connectivity index (χ2n) is 6.43. The summed E-state index contributed by atoms with van der Waals surface area (Å²) in [6.07, 6.45) is 4.00. The first-order valence-corrected chi connectivity index (χ1v) is 9.01. The molecular formula is C19H32N4. The Morgan fingerprint density at radius 2 is 1.91 bits per heavy atom. The Balaban J connectivity index is 2.06. The number of nitrogens with zero attached hydrogens (tertiary/aromatic N) is 3. The maximum absolute atomic E-state index is 6.11. The van der Waals surface area contributed by atoms with Crippen molar-refractivity contribution in [3.8, 4) is 0 Å². The van der Waals surface area contributed by atoms with E-state index in [1.54, 1.807) is 0 Å². The first-order valence-electron chi connectivity index (χ1n) is 9.01. The summed E-state index contributed by atoms with van der Waals surface area (Å²) in [6.45, 7) is 11.3. The first kappa shape index (κ1) is 17.8. The lowest BCUT2D eigenvalue weighted by Crippen LogP contribution is -2.37. The Hall–Kier alpha value is -1.55. The minimum absolute atomic E-state index is 0.649. The van der Waals surface area contributed by atoms with Gasteiger partial charge in [0.15, 0.2) is 5.96 Å². The monoisotopic (exact) mass is 316 g/mol. The first-order chi connectivity index (χ1) is 11.2. The summed E-state index contributed by atoms with van der Waals surface area (Å²) in [4.78, 5) is 9.30. The van der Waals surface area contributed by atoms with Gasteiger partial charge >= 0.3 is 0 Å². The van der Waals surface area contributed by atoms with Crippen LogP contribution >= 0.6 is 0 Å². The maximum atomic E-state index is 6.11. The molecular weight excluding hydrogens is 284 g/mol. The fraction of sp³-hybridized carbons (Fsp3) is 0.632. The zero-order valence-electron chi connectivity index (χ0n) is 15.0. The Labute approximate surface area is 141 Å². The second-order valence-corrected chi connectivity index (χ2v) is 6.43. The molecule has 1 unspecified atom stereocenters. The molecule has 0 amide bonds. The highest BCUT2D eigenvalue weighted by Crippen LogP contribution is 2.21. The lowest BCUT2D eigenvalue weighted by atomic mass is 10.0. The number of guanidine groups is 1. The van der Waals surface area contributed by atoms with Crippen molar-refractivity contribution >= 4 is 5.96 Å². The van der Waals surface area contributed by atoms with E-state index in [0.717, 1.165) is 19.6 Å². The zero-order chi connectivity index (χ0) is 16.7. The van der Waals surface area contributed by atoms with Gasteiger partial charge in [0.1, 0.15) is 0 Å². The summed E-state index contributed by atoms with van der Waals surface area (Å²) in [7, 11) is 0. The molecule has 4 heteroatoms. The standard InChI is InChI=1S/C19H32N4/c1-4-22(5-2)19(20)21-14-17-11-6-7-12-18(17)15-23-13-9-8-10-16(23)3/h6-7,11-12,16H,4-5,8-10,13-15H2,1-3H3,(H2,20,21). The average molecular weight is 316 g/mol. The average Bonchev–Trinajstić information content (AvgIpc) is 2.57. The van der Waals surface area contributed by atoms with Crippen molar-refractivity contribution < 1.29 is 0 Å². The number of rotatable bonds is 6. The van der Waals surface area contributed by atoms with Gasteiger partial charge in [-0.1, -0.05) is 30.7 Å². The predicted octanol–water partition coefficient (Wildman–Crippen LogP) is 3.22. The van der Waals surface area contributed by atoms with Gasteiger partial charge in [0.05, 0.1) is 6.54 Å². The van der Waals surface area contributed by atoms with Crippen LogP contribution in [0.3, 0.4) is 0 Å². The van der Waals surface area contributed by atoms with Gasteiger partial charge in [0.25, 0.3) is 0 Å². The molecule has 2 N–H and O–H groups in total. The number of piperidine rings is 1. The molecule has 128 valence electrons. The minimum Gasteiger partial charge on any atom is -0.370 e. The van der Waals surface area contributed by atoms with E-state index in [9.17, 15) is 0 Å². The molecule has 0 aromatic heterocycles. The van der Waals surface area contributed by atoms with Gasteiger partial charge in [0.2, 0.25) is 0 Å². The number of aliphatic imine (C=N–C) groups is 1. The summed E-state index contributed by atoms with van der Waals surface area (Å²) >= 11 is 0. The van der Waals surface area contributed by atoms with Gasteiger partial charge in [-0.3, -0.25) is 4.90 Å². The zero-order valence-corrected chi connectivity index (χ0v) is 15.0. The van der Waals surface area contributed by atoms with E-state index in [4.69, 9.17) is 5.73 Å². The molecule has 4 nitrogen and oxygen atoms in total. The summed E-state index contributed by atoms with van der Waals surface area (Å²) in [5.74, 6) is 0.649. The summed E-state index contributed by atoms with van der Waals surface area (Å²) in [6, 6.07) is 9.33. The number of likely N-dealkylation sites (tertiary alicyclic amines) is 1. The topological polar surface area (TPSA) is 44.9 Å². The summed E-state index contributed by atoms with van der Waals surface area (Å²) < 4.78 is 0. The van der Waals surface area contributed by atoms with E-state index in [0.29, 0.717) is 18.5 Å². The van der Waals surface area contributed by atoms with Crippen molar-refractivity contribution in [2.45, 2.75) is 59.2 Å². The molecule has 1 aliphatic heterocycles. The van der Waals surface area contributed by atoms with E-state index in [2.05, 4.69) is 59.8 Å². The van der Waals surface area contributed by atoms with Crippen LogP contribution in [-0.4, -0.2) is 41.4 Å². The molecule has 0 radical (unpaired) electrons. The molecule has 1 fully saturated rings. The lowest BCUT2D eigenvalue weighted by Gasteiger charge is -2.33. The highest BCUT2D eigenvalue weighted by molar-refractivity contribution is 5.78. The Bertz CT molecular complexity index is 508. The van der Waals surface area contributed by atoms with E-state index in [1.807, 2.05) is 0 Å². The van der Waals surface area contributed by atoms with Crippen LogP contribution in [0.25, 0.3) is 0 Å². The lowest BCUT2D eigenvalue weighted by molar-refractivity contribution is 0.152. The van der Waals surface area contributed by atoms with Crippen LogP contribution < -0.4 is 5.73 Å². The van der Waals surface area contributed by atoms with E-state index in [-0.39, 0.29) is 0 Å². The van der Waals surface area contributed by atoms with Crippen molar-refractivity contribution in [3.63, 3.8) is 0 Å². The van der Waals surface area contributed by atoms with Crippen molar-refractivity contribution in [2.24, 2.45) is 10.7 Å². The second kappa shape index (κ2) is 8.92. The number of hydrogen-bond donors (Lipinski definition) is 1. The van der Waals surface area contributed by atoms with Crippen LogP contribution in [0.2, 0.25) is 0 Å². The van der Waals surface area contributed by atoms with Crippen LogP contribution in [0.5, 0.6) is 0 Å². The van der Waals surface area contributed by atoms with Crippen LogP contribution in [0, 0.1) is 0 Å². The Morgan fingerprint density at radius 1 is 1.22 bits per heavy atom. The number of hydrogen-bond acceptors (Lipinski definition) is 2. The quantitative estimate of drug-likeness (QED) is 0.647. The largest absolute Gasteiger partial charge is 0.370 e. The predicted molar refractivity (Wildman–Crippen MR) is 98.4 cm³/mol. The highest BCUT2D eigenvalue weighted by Gasteiger charge is 2.19. The van der Waals surface area contributed by atoms with E-state index >= 15 is 0 Å². The molecule has 0 saturated carbocycles. The minimum atomic E-state index is 0.649. The summed E-state index contributed by atoms with van der Waals surface area (Å²) in [5.41, 5.74) is 8.79. The molecule has 1 saturated heterocycles. The van der Waals surface area contributed by atoms with Gasteiger partial charge in [-0.05, 0) is 51.3 Å². The van der Waals surface area contributed by atoms with Crippen molar-refractivity contribution in [2.75, 3.05) is 19.6 Å². The molecule has 1 heterocycles. The maximum Gasteiger partial charge on any atom is 0.191 e. The van der Waals surface area contributed by atoms with Crippen molar-refractivity contribution in [3.05, 3.63) is 35.4 Å². The SMILES string of the molecule is CCN(CC)C(N)=NCc1ccccc1CN1CCCCC1C. The molecule has 1 aromatic carbocycles. The fourth-order valence-corrected chi connectivity index (χ4v) is 3.29. The molecule has 0 spiro atoms. The molecule has 1 aromatic rings. The van der Waals surface area contributed by atoms with Gasteiger partial charge in [0, 0.05) is 25.7 Å². The highest BCUT2D eigenvalue weighted by atomic mass is 15.2. The van der Waals surface area contributed by atoms with E-state index < -0.39 is 0 Å². The Kier molecular flexibility index (Phi) is 6.90. The van der Waals surface area contributed by atoms with Gasteiger partial charge in [-0.15, -0.1) is 0 Å². The van der Waals surface area contributed by atoms with Crippen molar-refractivity contribution in [1.29, 1.82) is 0 Å². The third-order valence-corrected chi connectivity index (χ3v) is 4.93. The van der Waals surface area contributed by atoms with Crippen LogP contribution in [0.15, 0.2) is 29.3 Å². The molecule has 0 bridgehead atoms. The smallest absolute Gasteiger partial charge is 0.191 e. The van der Waals surface area contributed by atoms with Crippen LogP contribution in [0.4, 0.5) is 0 Å². The normalized spacial score (nSPS) is 19.8. The molecule has 1 atom stereocenters. The molecule has 0 aliphatic carbocycles.